The molecule has 1 aliphatic carbocycles. The van der Waals surface area contributed by atoms with E-state index in [1.807, 2.05) is 6.07 Å². The molecule has 4 nitrogen and oxygen atoms in total. The van der Waals surface area contributed by atoms with Crippen molar-refractivity contribution in [3.05, 3.63) is 23.8 Å². The molecule has 1 saturated carbocycles. The highest BCUT2D eigenvalue weighted by molar-refractivity contribution is 5.98. The van der Waals surface area contributed by atoms with Crippen LogP contribution in [0.3, 0.4) is 0 Å². The lowest BCUT2D eigenvalue weighted by atomic mass is 10.1. The van der Waals surface area contributed by atoms with Crippen molar-refractivity contribution >= 4 is 17.3 Å². The van der Waals surface area contributed by atoms with Crippen LogP contribution in [0.2, 0.25) is 0 Å². The monoisotopic (exact) mass is 219 g/mol. The number of nitrogens with two attached hydrogens (primary N) is 2. The summed E-state index contributed by atoms with van der Waals surface area (Å²) in [7, 11) is 0. The molecule has 5 N–H and O–H groups in total. The summed E-state index contributed by atoms with van der Waals surface area (Å²) in [5.41, 5.74) is 12.9. The summed E-state index contributed by atoms with van der Waals surface area (Å²) < 4.78 is 0. The molecule has 86 valence electrons. The minimum Gasteiger partial charge on any atom is -0.398 e. The Hall–Kier alpha value is -1.71. The zero-order chi connectivity index (χ0) is 11.9. The van der Waals surface area contributed by atoms with Gasteiger partial charge in [0.2, 0.25) is 0 Å². The molecule has 1 fully saturated rings. The van der Waals surface area contributed by atoms with E-state index >= 15 is 0 Å². The van der Waals surface area contributed by atoms with Gasteiger partial charge in [0.25, 0.3) is 5.91 Å². The number of nitrogens with one attached hydrogen (secondary N) is 1. The molecule has 16 heavy (non-hydrogen) atoms. The van der Waals surface area contributed by atoms with Crippen LogP contribution in [0.15, 0.2) is 18.2 Å². The Morgan fingerprint density at radius 2 is 2.12 bits per heavy atom. The number of hydrogen-bond acceptors (Lipinski definition) is 3. The van der Waals surface area contributed by atoms with Crippen molar-refractivity contribution < 1.29 is 4.79 Å². The molecule has 0 aromatic heterocycles. The molecule has 1 atom stereocenters. The molecule has 1 aromatic carbocycles. The van der Waals surface area contributed by atoms with Crippen LogP contribution in [0.5, 0.6) is 0 Å². The summed E-state index contributed by atoms with van der Waals surface area (Å²) in [6, 6.07) is 5.76. The van der Waals surface area contributed by atoms with Crippen molar-refractivity contribution in [1.82, 2.24) is 0 Å². The van der Waals surface area contributed by atoms with E-state index in [1.54, 1.807) is 12.1 Å². The zero-order valence-corrected chi connectivity index (χ0v) is 9.58. The molecule has 0 radical (unpaired) electrons. The van der Waals surface area contributed by atoms with Crippen LogP contribution < -0.4 is 16.8 Å². The highest BCUT2D eigenvalue weighted by Gasteiger charge is 2.45. The lowest BCUT2D eigenvalue weighted by Gasteiger charge is -2.10. The summed E-state index contributed by atoms with van der Waals surface area (Å²) in [6.45, 7) is 4.41. The fraction of sp³-hybridized carbons (Fsp3) is 0.417. The van der Waals surface area contributed by atoms with E-state index in [1.165, 1.54) is 0 Å². The summed E-state index contributed by atoms with van der Waals surface area (Å²) in [5, 5.41) is 3.37. The van der Waals surface area contributed by atoms with Crippen molar-refractivity contribution in [2.75, 3.05) is 11.1 Å². The predicted octanol–water partition coefficient (Wildman–Crippen LogP) is 1.58. The largest absolute Gasteiger partial charge is 0.398 e. The second-order valence-corrected chi connectivity index (χ2v) is 5.06. The zero-order valence-electron chi connectivity index (χ0n) is 9.58. The molecular formula is C12H17N3O. The summed E-state index contributed by atoms with van der Waals surface area (Å²) in [6.07, 6.45) is 1.14. The van der Waals surface area contributed by atoms with E-state index in [-0.39, 0.29) is 0 Å². The molecule has 1 aliphatic rings. The minimum atomic E-state index is -0.490. The molecule has 0 saturated heterocycles. The number of hydrogen-bond donors (Lipinski definition) is 3. The minimum absolute atomic E-state index is 0.342. The number of nitrogen functional groups attached to an aromatic ring is 1. The number of primary amides is 1. The maximum atomic E-state index is 11.1. The van der Waals surface area contributed by atoms with Gasteiger partial charge in [-0.2, -0.15) is 0 Å². The van der Waals surface area contributed by atoms with Crippen molar-refractivity contribution in [3.63, 3.8) is 0 Å². The van der Waals surface area contributed by atoms with Gasteiger partial charge >= 0.3 is 0 Å². The van der Waals surface area contributed by atoms with E-state index in [4.69, 9.17) is 11.5 Å². The fourth-order valence-electron chi connectivity index (χ4n) is 1.77. The SMILES string of the molecule is CC1(C)CC1Nc1ccc(N)c(C(N)=O)c1. The topological polar surface area (TPSA) is 81.1 Å². The van der Waals surface area contributed by atoms with Gasteiger partial charge in [-0.1, -0.05) is 13.8 Å². The number of carbonyl (C=O) groups excluding carboxylic acids is 1. The summed E-state index contributed by atoms with van der Waals surface area (Å²) >= 11 is 0. The first-order valence-electron chi connectivity index (χ1n) is 5.36. The molecule has 0 aliphatic heterocycles. The van der Waals surface area contributed by atoms with Gasteiger partial charge in [0.15, 0.2) is 0 Å². The first-order valence-corrected chi connectivity index (χ1v) is 5.36. The Morgan fingerprint density at radius 1 is 1.50 bits per heavy atom. The van der Waals surface area contributed by atoms with Gasteiger partial charge in [-0.25, -0.2) is 0 Å². The van der Waals surface area contributed by atoms with E-state index in [0.717, 1.165) is 12.1 Å². The molecule has 0 heterocycles. The van der Waals surface area contributed by atoms with E-state index in [0.29, 0.717) is 22.7 Å². The molecule has 4 heteroatoms. The van der Waals surface area contributed by atoms with Gasteiger partial charge in [0.05, 0.1) is 5.56 Å². The molecule has 0 bridgehead atoms. The summed E-state index contributed by atoms with van der Waals surface area (Å²) in [5.74, 6) is -0.490. The predicted molar refractivity (Wildman–Crippen MR) is 65.2 cm³/mol. The second-order valence-electron chi connectivity index (χ2n) is 5.06. The lowest BCUT2D eigenvalue weighted by Crippen LogP contribution is -2.15. The number of benzene rings is 1. The molecule has 1 unspecified atom stereocenters. The quantitative estimate of drug-likeness (QED) is 0.675. The Kier molecular flexibility index (Phi) is 2.30. The number of rotatable bonds is 3. The standard InChI is InChI=1S/C12H17N3O/c1-12(2)6-10(12)15-7-3-4-9(13)8(5-7)11(14)16/h3-5,10,15H,6,13H2,1-2H3,(H2,14,16). The van der Waals surface area contributed by atoms with Gasteiger partial charge in [-0.15, -0.1) is 0 Å². The van der Waals surface area contributed by atoms with Crippen molar-refractivity contribution in [2.24, 2.45) is 11.1 Å². The third-order valence-electron chi connectivity index (χ3n) is 3.17. The number of anilines is 2. The van der Waals surface area contributed by atoms with Crippen LogP contribution in [0.4, 0.5) is 11.4 Å². The third kappa shape index (κ3) is 1.96. The molecule has 1 aromatic rings. The maximum Gasteiger partial charge on any atom is 0.250 e. The van der Waals surface area contributed by atoms with Gasteiger partial charge in [0.1, 0.15) is 0 Å². The first kappa shape index (κ1) is 10.8. The number of amides is 1. The van der Waals surface area contributed by atoms with Crippen LogP contribution in [0.25, 0.3) is 0 Å². The second kappa shape index (κ2) is 3.40. The van der Waals surface area contributed by atoms with Gasteiger partial charge in [0, 0.05) is 17.4 Å². The van der Waals surface area contributed by atoms with Gasteiger partial charge in [-0.3, -0.25) is 4.79 Å². The van der Waals surface area contributed by atoms with Gasteiger partial charge in [-0.05, 0) is 30.0 Å². The normalized spacial score (nSPS) is 21.5. The average molecular weight is 219 g/mol. The molecular weight excluding hydrogens is 202 g/mol. The first-order chi connectivity index (χ1) is 7.40. The number of carbonyl (C=O) groups is 1. The van der Waals surface area contributed by atoms with Crippen molar-refractivity contribution in [2.45, 2.75) is 26.3 Å². The molecule has 2 rings (SSSR count). The summed E-state index contributed by atoms with van der Waals surface area (Å²) in [4.78, 5) is 11.1. The Bertz CT molecular complexity index is 440. The van der Waals surface area contributed by atoms with Crippen LogP contribution in [-0.4, -0.2) is 11.9 Å². The molecule has 0 spiro atoms. The smallest absolute Gasteiger partial charge is 0.250 e. The van der Waals surface area contributed by atoms with E-state index in [9.17, 15) is 4.79 Å². The van der Waals surface area contributed by atoms with Crippen LogP contribution in [0.1, 0.15) is 30.6 Å². The lowest BCUT2D eigenvalue weighted by molar-refractivity contribution is 0.100. The van der Waals surface area contributed by atoms with E-state index in [2.05, 4.69) is 19.2 Å². The van der Waals surface area contributed by atoms with Crippen LogP contribution in [-0.2, 0) is 0 Å². The Labute approximate surface area is 95.0 Å². The average Bonchev–Trinajstić information content (AvgIpc) is 2.76. The Morgan fingerprint density at radius 3 is 2.62 bits per heavy atom. The maximum absolute atomic E-state index is 11.1. The van der Waals surface area contributed by atoms with Crippen molar-refractivity contribution in [3.8, 4) is 0 Å². The van der Waals surface area contributed by atoms with E-state index < -0.39 is 5.91 Å². The highest BCUT2D eigenvalue weighted by Crippen LogP contribution is 2.46. The van der Waals surface area contributed by atoms with Gasteiger partial charge < -0.3 is 16.8 Å². The third-order valence-corrected chi connectivity index (χ3v) is 3.17. The fourth-order valence-corrected chi connectivity index (χ4v) is 1.77. The van der Waals surface area contributed by atoms with Crippen LogP contribution in [0, 0.1) is 5.41 Å². The van der Waals surface area contributed by atoms with Crippen molar-refractivity contribution in [1.29, 1.82) is 0 Å². The van der Waals surface area contributed by atoms with Crippen LogP contribution >= 0.6 is 0 Å². The Balaban J connectivity index is 2.17. The molecule has 1 amide bonds. The highest BCUT2D eigenvalue weighted by atomic mass is 16.1.